The van der Waals surface area contributed by atoms with Crippen molar-refractivity contribution in [2.75, 3.05) is 6.54 Å². The van der Waals surface area contributed by atoms with Gasteiger partial charge in [0.2, 0.25) is 0 Å². The third-order valence-electron chi connectivity index (χ3n) is 2.90. The Morgan fingerprint density at radius 1 is 1.29 bits per heavy atom. The van der Waals surface area contributed by atoms with E-state index in [2.05, 4.69) is 25.7 Å². The van der Waals surface area contributed by atoms with E-state index in [-0.39, 0.29) is 0 Å². The van der Waals surface area contributed by atoms with E-state index in [4.69, 9.17) is 11.6 Å². The smallest absolute Gasteiger partial charge is 0.191 e. The number of guanidine groups is 1. The molecule has 0 fully saturated rings. The summed E-state index contributed by atoms with van der Waals surface area (Å²) in [6.07, 6.45) is 1.54. The van der Waals surface area contributed by atoms with Gasteiger partial charge in [0, 0.05) is 18.6 Å². The normalized spacial score (nSPS) is 11.5. The van der Waals surface area contributed by atoms with Gasteiger partial charge in [0.1, 0.15) is 12.2 Å². The van der Waals surface area contributed by atoms with E-state index in [0.717, 1.165) is 28.9 Å². The standard InChI is InChI=1S/C14H19ClN6/c1-3-16-14(18-9-13-19-10-20-21(13)2)17-8-11-4-6-12(15)7-5-11/h4-7,10H,3,8-9H2,1-2H3,(H2,16,17,18). The monoisotopic (exact) mass is 306 g/mol. The number of aryl methyl sites for hydroxylation is 1. The molecular formula is C14H19ClN6. The first-order valence-corrected chi connectivity index (χ1v) is 7.16. The van der Waals surface area contributed by atoms with Crippen molar-refractivity contribution in [2.45, 2.75) is 20.0 Å². The molecule has 1 aromatic carbocycles. The van der Waals surface area contributed by atoms with Crippen LogP contribution in [0.5, 0.6) is 0 Å². The molecule has 0 aliphatic rings. The molecule has 2 N–H and O–H groups in total. The Balaban J connectivity index is 1.95. The molecular weight excluding hydrogens is 288 g/mol. The number of benzene rings is 1. The van der Waals surface area contributed by atoms with Crippen molar-refractivity contribution in [3.05, 3.63) is 47.0 Å². The summed E-state index contributed by atoms with van der Waals surface area (Å²) in [5.74, 6) is 1.60. The van der Waals surface area contributed by atoms with Gasteiger partial charge in [-0.3, -0.25) is 4.68 Å². The number of aliphatic imine (C=N–C) groups is 1. The Kier molecular flexibility index (Phi) is 5.57. The second-order valence-corrected chi connectivity index (χ2v) is 4.91. The highest BCUT2D eigenvalue weighted by atomic mass is 35.5. The van der Waals surface area contributed by atoms with E-state index in [0.29, 0.717) is 13.1 Å². The van der Waals surface area contributed by atoms with Crippen LogP contribution in [-0.2, 0) is 20.1 Å². The molecule has 0 radical (unpaired) electrons. The number of aromatic nitrogens is 3. The topological polar surface area (TPSA) is 67.1 Å². The molecule has 7 heteroatoms. The van der Waals surface area contributed by atoms with Crippen LogP contribution in [0.15, 0.2) is 35.6 Å². The molecule has 2 rings (SSSR count). The van der Waals surface area contributed by atoms with Crippen LogP contribution in [0.25, 0.3) is 0 Å². The lowest BCUT2D eigenvalue weighted by Crippen LogP contribution is -2.37. The lowest BCUT2D eigenvalue weighted by Gasteiger charge is -2.10. The molecule has 0 amide bonds. The summed E-state index contributed by atoms with van der Waals surface area (Å²) < 4.78 is 1.73. The Morgan fingerprint density at radius 2 is 2.05 bits per heavy atom. The minimum Gasteiger partial charge on any atom is -0.357 e. The predicted octanol–water partition coefficient (Wildman–Crippen LogP) is 1.72. The second kappa shape index (κ2) is 7.64. The van der Waals surface area contributed by atoms with Gasteiger partial charge in [-0.05, 0) is 24.6 Å². The summed E-state index contributed by atoms with van der Waals surface area (Å²) in [5.41, 5.74) is 1.11. The third kappa shape index (κ3) is 4.75. The number of nitrogens with zero attached hydrogens (tertiary/aromatic N) is 4. The maximum Gasteiger partial charge on any atom is 0.191 e. The second-order valence-electron chi connectivity index (χ2n) is 4.48. The Labute approximate surface area is 129 Å². The van der Waals surface area contributed by atoms with Crippen LogP contribution in [-0.4, -0.2) is 27.3 Å². The summed E-state index contributed by atoms with van der Waals surface area (Å²) in [6.45, 7) is 3.99. The van der Waals surface area contributed by atoms with Crippen LogP contribution in [0, 0.1) is 0 Å². The zero-order valence-electron chi connectivity index (χ0n) is 12.2. The third-order valence-corrected chi connectivity index (χ3v) is 3.15. The fraction of sp³-hybridized carbons (Fsp3) is 0.357. The number of hydrogen-bond acceptors (Lipinski definition) is 3. The molecule has 0 bridgehead atoms. The van der Waals surface area contributed by atoms with Crippen molar-refractivity contribution in [3.8, 4) is 0 Å². The lowest BCUT2D eigenvalue weighted by molar-refractivity contribution is 0.673. The van der Waals surface area contributed by atoms with Gasteiger partial charge in [0.15, 0.2) is 5.96 Å². The first kappa shape index (κ1) is 15.3. The van der Waals surface area contributed by atoms with Crippen molar-refractivity contribution in [1.29, 1.82) is 0 Å². The molecule has 1 aromatic heterocycles. The number of nitrogens with one attached hydrogen (secondary N) is 2. The molecule has 6 nitrogen and oxygen atoms in total. The summed E-state index contributed by atoms with van der Waals surface area (Å²) in [5, 5.41) is 11.2. The highest BCUT2D eigenvalue weighted by Gasteiger charge is 2.02. The van der Waals surface area contributed by atoms with Gasteiger partial charge in [-0.15, -0.1) is 0 Å². The maximum absolute atomic E-state index is 5.87. The molecule has 0 aliphatic heterocycles. The largest absolute Gasteiger partial charge is 0.357 e. The van der Waals surface area contributed by atoms with Crippen molar-refractivity contribution in [3.63, 3.8) is 0 Å². The molecule has 0 saturated heterocycles. The van der Waals surface area contributed by atoms with E-state index in [1.165, 1.54) is 6.33 Å². The maximum atomic E-state index is 5.87. The van der Waals surface area contributed by atoms with Crippen molar-refractivity contribution in [1.82, 2.24) is 25.4 Å². The van der Waals surface area contributed by atoms with Crippen LogP contribution in [0.4, 0.5) is 0 Å². The fourth-order valence-electron chi connectivity index (χ4n) is 1.74. The molecule has 0 aliphatic carbocycles. The van der Waals surface area contributed by atoms with E-state index >= 15 is 0 Å². The van der Waals surface area contributed by atoms with Gasteiger partial charge in [-0.2, -0.15) is 5.10 Å². The van der Waals surface area contributed by atoms with Gasteiger partial charge < -0.3 is 10.6 Å². The van der Waals surface area contributed by atoms with Crippen molar-refractivity contribution >= 4 is 17.6 Å². The van der Waals surface area contributed by atoms with E-state index in [9.17, 15) is 0 Å². The van der Waals surface area contributed by atoms with Crippen LogP contribution in [0.2, 0.25) is 5.02 Å². The van der Waals surface area contributed by atoms with Crippen LogP contribution < -0.4 is 10.6 Å². The Morgan fingerprint density at radius 3 is 2.67 bits per heavy atom. The van der Waals surface area contributed by atoms with Gasteiger partial charge >= 0.3 is 0 Å². The highest BCUT2D eigenvalue weighted by Crippen LogP contribution is 2.10. The zero-order valence-corrected chi connectivity index (χ0v) is 12.9. The highest BCUT2D eigenvalue weighted by molar-refractivity contribution is 6.30. The molecule has 0 spiro atoms. The van der Waals surface area contributed by atoms with Gasteiger partial charge in [-0.1, -0.05) is 23.7 Å². The average Bonchev–Trinajstić information content (AvgIpc) is 2.89. The Bertz CT molecular complexity index is 590. The van der Waals surface area contributed by atoms with Crippen LogP contribution in [0.1, 0.15) is 18.3 Å². The predicted molar refractivity (Wildman–Crippen MR) is 84.1 cm³/mol. The lowest BCUT2D eigenvalue weighted by atomic mass is 10.2. The molecule has 21 heavy (non-hydrogen) atoms. The van der Waals surface area contributed by atoms with Gasteiger partial charge in [-0.25, -0.2) is 9.98 Å². The van der Waals surface area contributed by atoms with Gasteiger partial charge in [0.05, 0.1) is 13.1 Å². The molecule has 0 saturated carbocycles. The van der Waals surface area contributed by atoms with Crippen LogP contribution >= 0.6 is 11.6 Å². The Hall–Kier alpha value is -2.08. The first-order valence-electron chi connectivity index (χ1n) is 6.78. The SMILES string of the molecule is CCNC(=NCc1ccc(Cl)cc1)NCc1ncnn1C. The number of halogens is 1. The molecule has 1 heterocycles. The minimum atomic E-state index is 0.572. The van der Waals surface area contributed by atoms with E-state index in [1.807, 2.05) is 38.2 Å². The zero-order chi connectivity index (χ0) is 15.1. The van der Waals surface area contributed by atoms with E-state index in [1.54, 1.807) is 4.68 Å². The summed E-state index contributed by atoms with van der Waals surface area (Å²) in [4.78, 5) is 8.70. The van der Waals surface area contributed by atoms with Crippen molar-refractivity contribution < 1.29 is 0 Å². The van der Waals surface area contributed by atoms with Crippen LogP contribution in [0.3, 0.4) is 0 Å². The molecule has 0 unspecified atom stereocenters. The van der Waals surface area contributed by atoms with Gasteiger partial charge in [0.25, 0.3) is 0 Å². The summed E-state index contributed by atoms with van der Waals surface area (Å²) in [6, 6.07) is 7.68. The summed E-state index contributed by atoms with van der Waals surface area (Å²) >= 11 is 5.87. The minimum absolute atomic E-state index is 0.572. The quantitative estimate of drug-likeness (QED) is 0.652. The van der Waals surface area contributed by atoms with Crippen molar-refractivity contribution in [2.24, 2.45) is 12.0 Å². The average molecular weight is 307 g/mol. The molecule has 0 atom stereocenters. The first-order chi connectivity index (χ1) is 10.2. The summed E-state index contributed by atoms with van der Waals surface area (Å²) in [7, 11) is 1.86. The molecule has 112 valence electrons. The fourth-order valence-corrected chi connectivity index (χ4v) is 1.87. The number of rotatable bonds is 5. The number of hydrogen-bond donors (Lipinski definition) is 2. The molecule has 2 aromatic rings. The van der Waals surface area contributed by atoms with E-state index < -0.39 is 0 Å².